The van der Waals surface area contributed by atoms with Crippen LogP contribution in [0, 0.1) is 0 Å². The summed E-state index contributed by atoms with van der Waals surface area (Å²) in [5.41, 5.74) is 0. The second kappa shape index (κ2) is 23.6. The number of unbranched alkanes of at least 4 members (excludes halogenated alkanes) is 4. The molecular formula is C20H51BrClNP2. The normalized spacial score (nSPS) is 10.6. The summed E-state index contributed by atoms with van der Waals surface area (Å²) in [7, 11) is 7.94. The molecule has 0 heterocycles. The lowest BCUT2D eigenvalue weighted by molar-refractivity contribution is -0.849. The zero-order valence-corrected chi connectivity index (χ0v) is 23.5. The highest BCUT2D eigenvalue weighted by atomic mass is 79.9. The van der Waals surface area contributed by atoms with Gasteiger partial charge in [0.15, 0.2) is 0 Å². The molecule has 0 aromatic carbocycles. The van der Waals surface area contributed by atoms with Gasteiger partial charge in [-0.1, -0.05) is 53.4 Å². The summed E-state index contributed by atoms with van der Waals surface area (Å²) in [6.45, 7) is 9.42. The Kier molecular flexibility index (Phi) is 35.3. The molecule has 0 aliphatic rings. The van der Waals surface area contributed by atoms with E-state index in [9.17, 15) is 0 Å². The Morgan fingerprint density at radius 1 is 0.560 bits per heavy atom. The van der Waals surface area contributed by atoms with Gasteiger partial charge in [-0.05, 0) is 25.7 Å². The third-order valence-electron chi connectivity index (χ3n) is 3.94. The van der Waals surface area contributed by atoms with Crippen LogP contribution in [0.15, 0.2) is 0 Å². The zero-order valence-electron chi connectivity index (χ0n) is 18.8. The van der Waals surface area contributed by atoms with E-state index in [-0.39, 0.29) is 39.3 Å². The fraction of sp³-hybridized carbons (Fsp3) is 1.00. The molecule has 1 nitrogen and oxygen atoms in total. The van der Waals surface area contributed by atoms with E-state index in [0.717, 1.165) is 4.48 Å². The van der Waals surface area contributed by atoms with Gasteiger partial charge in [-0.25, -0.2) is 0 Å². The highest BCUT2D eigenvalue weighted by Gasteiger charge is 2.34. The minimum atomic E-state index is -0.562. The van der Waals surface area contributed by atoms with Gasteiger partial charge in [0, 0.05) is 7.26 Å². The van der Waals surface area contributed by atoms with Crippen molar-refractivity contribution in [3.63, 3.8) is 0 Å². The van der Waals surface area contributed by atoms with Crippen molar-refractivity contribution in [2.24, 2.45) is 0 Å². The van der Waals surface area contributed by atoms with Gasteiger partial charge in [0.05, 0.1) is 52.8 Å². The second-order valence-electron chi connectivity index (χ2n) is 8.33. The molecule has 1 unspecified atom stereocenters. The maximum absolute atomic E-state index is 2.36. The number of hydrogen-bond acceptors (Lipinski definition) is 0. The predicted molar refractivity (Wildman–Crippen MR) is 121 cm³/mol. The zero-order chi connectivity index (χ0) is 17.5. The van der Waals surface area contributed by atoms with Crippen LogP contribution < -0.4 is 29.4 Å². The first kappa shape index (κ1) is 37.4. The van der Waals surface area contributed by atoms with Crippen molar-refractivity contribution in [2.75, 3.05) is 52.8 Å². The largest absolute Gasteiger partial charge is 1.00 e. The maximum Gasteiger partial charge on any atom is 0.0675 e. The Morgan fingerprint density at radius 2 is 0.720 bits per heavy atom. The fourth-order valence-electron chi connectivity index (χ4n) is 2.64. The molecule has 25 heavy (non-hydrogen) atoms. The van der Waals surface area contributed by atoms with Crippen LogP contribution in [-0.4, -0.2) is 57.3 Å². The van der Waals surface area contributed by atoms with E-state index in [1.165, 1.54) is 51.4 Å². The van der Waals surface area contributed by atoms with Gasteiger partial charge in [-0.15, -0.1) is 0 Å². The van der Waals surface area contributed by atoms with Crippen LogP contribution in [-0.2, 0) is 0 Å². The molecule has 0 rings (SSSR count). The van der Waals surface area contributed by atoms with Gasteiger partial charge in [-0.3, -0.25) is 0 Å². The van der Waals surface area contributed by atoms with Crippen molar-refractivity contribution >= 4 is 17.2 Å². The minimum Gasteiger partial charge on any atom is -1.00 e. The lowest BCUT2D eigenvalue weighted by Crippen LogP contribution is -3.00. The van der Waals surface area contributed by atoms with Crippen molar-refractivity contribution in [3.05, 3.63) is 0 Å². The molecule has 0 amide bonds. The van der Waals surface area contributed by atoms with Crippen LogP contribution in [0.4, 0.5) is 0 Å². The highest BCUT2D eigenvalue weighted by molar-refractivity contribution is 7.75. The molecule has 0 bridgehead atoms. The van der Waals surface area contributed by atoms with Gasteiger partial charge >= 0.3 is 0 Å². The Labute approximate surface area is 182 Å². The molecule has 0 aliphatic heterocycles. The van der Waals surface area contributed by atoms with E-state index in [1.807, 2.05) is 0 Å². The van der Waals surface area contributed by atoms with Gasteiger partial charge < -0.3 is 33.9 Å². The fourth-order valence-corrected chi connectivity index (χ4v) is 7.93. The van der Waals surface area contributed by atoms with Gasteiger partial charge in [-0.2, -0.15) is 9.90 Å². The molecule has 0 saturated heterocycles. The van der Waals surface area contributed by atoms with E-state index in [1.54, 1.807) is 24.6 Å². The standard InChI is InChI=1S/C16H36P.C4H12N.BrH.ClH.H3P/c1-5-9-13-17(14-10-6-2,15-11-7-3)16-12-8-4;1-5(2,3)4;;;/h5-16H2,1-4H3;1-4H3;2*1H;1H3/q2*+1;;;/p-2. The van der Waals surface area contributed by atoms with Crippen LogP contribution in [0.25, 0.3) is 0 Å². The average molecular weight is 483 g/mol. The van der Waals surface area contributed by atoms with Crippen molar-refractivity contribution in [2.45, 2.75) is 79.1 Å². The van der Waals surface area contributed by atoms with Gasteiger partial charge in [0.25, 0.3) is 0 Å². The molecule has 0 N–H and O–H groups in total. The Morgan fingerprint density at radius 3 is 0.840 bits per heavy atom. The number of halogens is 2. The Bertz CT molecular complexity index is 193. The maximum atomic E-state index is 2.36. The molecule has 0 spiro atoms. The molecule has 5 heteroatoms. The van der Waals surface area contributed by atoms with Crippen LogP contribution in [0.3, 0.4) is 0 Å². The Hall–Kier alpha value is 1.59. The molecular weight excluding hydrogens is 432 g/mol. The summed E-state index contributed by atoms with van der Waals surface area (Å²) in [6, 6.07) is 0. The molecule has 160 valence electrons. The molecule has 0 fully saturated rings. The van der Waals surface area contributed by atoms with Gasteiger partial charge in [0.1, 0.15) is 0 Å². The first-order valence-electron chi connectivity index (χ1n) is 9.88. The van der Waals surface area contributed by atoms with Crippen LogP contribution >= 0.6 is 17.2 Å². The monoisotopic (exact) mass is 481 g/mol. The van der Waals surface area contributed by atoms with Crippen molar-refractivity contribution in [3.8, 4) is 0 Å². The molecule has 0 radical (unpaired) electrons. The first-order chi connectivity index (χ1) is 10.2. The predicted octanol–water partition coefficient (Wildman–Crippen LogP) is 0.593. The summed E-state index contributed by atoms with van der Waals surface area (Å²) in [4.78, 5) is 0. The summed E-state index contributed by atoms with van der Waals surface area (Å²) in [6.07, 6.45) is 17.9. The van der Waals surface area contributed by atoms with E-state index in [2.05, 4.69) is 55.9 Å². The number of quaternary nitrogens is 1. The summed E-state index contributed by atoms with van der Waals surface area (Å²) in [5.74, 6) is 0. The number of hydrogen-bond donors (Lipinski definition) is 0. The molecule has 0 aliphatic carbocycles. The van der Waals surface area contributed by atoms with Crippen LogP contribution in [0.5, 0.6) is 0 Å². The summed E-state index contributed by atoms with van der Waals surface area (Å²) in [5, 5.41) is 0. The SMILES string of the molecule is CCCC[P+](CCCC)(CCCC)CCCC.C[N+](C)(C)C.P.[Br-].[Cl-]. The van der Waals surface area contributed by atoms with Crippen molar-refractivity contribution in [1.29, 1.82) is 0 Å². The lowest BCUT2D eigenvalue weighted by Gasteiger charge is -2.28. The van der Waals surface area contributed by atoms with Crippen molar-refractivity contribution in [1.82, 2.24) is 0 Å². The molecule has 0 aromatic rings. The van der Waals surface area contributed by atoms with E-state index < -0.39 is 7.26 Å². The summed E-state index contributed by atoms with van der Waals surface area (Å²) >= 11 is 0. The van der Waals surface area contributed by atoms with Gasteiger partial charge in [0.2, 0.25) is 0 Å². The number of nitrogens with zero attached hydrogens (tertiary/aromatic N) is 1. The van der Waals surface area contributed by atoms with Crippen LogP contribution in [0.1, 0.15) is 79.1 Å². The molecule has 0 saturated carbocycles. The molecule has 1 atom stereocenters. The topological polar surface area (TPSA) is 0 Å². The van der Waals surface area contributed by atoms with Crippen molar-refractivity contribution < 1.29 is 33.9 Å². The first-order valence-corrected chi connectivity index (χ1v) is 12.4. The minimum absolute atomic E-state index is 0. The smallest absolute Gasteiger partial charge is 0.0675 e. The van der Waals surface area contributed by atoms with E-state index in [4.69, 9.17) is 0 Å². The van der Waals surface area contributed by atoms with E-state index in [0.29, 0.717) is 0 Å². The average Bonchev–Trinajstić information content (AvgIpc) is 2.44. The number of rotatable bonds is 12. The molecule has 0 aromatic heterocycles. The third-order valence-corrected chi connectivity index (χ3v) is 9.00. The quantitative estimate of drug-likeness (QED) is 0.282. The second-order valence-corrected chi connectivity index (χ2v) is 12.8. The van der Waals surface area contributed by atoms with Crippen LogP contribution in [0.2, 0.25) is 0 Å². The summed E-state index contributed by atoms with van der Waals surface area (Å²) < 4.78 is 1.00. The Balaban J connectivity index is -0.000000147. The van der Waals surface area contributed by atoms with E-state index >= 15 is 0 Å². The highest BCUT2D eigenvalue weighted by Crippen LogP contribution is 2.61. The third kappa shape index (κ3) is 30.6. The lowest BCUT2D eigenvalue weighted by atomic mass is 10.4.